The molecule has 4 rings (SSSR count). The largest absolute Gasteiger partial charge is 0.322 e. The fraction of sp³-hybridized carbons (Fsp3) is 0.176. The first-order valence-corrected chi connectivity index (χ1v) is 9.00. The van der Waals surface area contributed by atoms with Crippen LogP contribution in [-0.2, 0) is 9.59 Å². The Bertz CT molecular complexity index is 875. The van der Waals surface area contributed by atoms with Crippen LogP contribution in [0.25, 0.3) is 0 Å². The summed E-state index contributed by atoms with van der Waals surface area (Å²) in [6, 6.07) is 11.6. The topological polar surface area (TPSA) is 49.4 Å². The van der Waals surface area contributed by atoms with Crippen LogP contribution in [0.1, 0.15) is 12.8 Å². The van der Waals surface area contributed by atoms with Gasteiger partial charge in [0, 0.05) is 15.8 Å². The molecule has 1 atom stereocenters. The molecular weight excluding hydrogens is 395 g/mol. The number of thioether (sulfide) groups is 1. The van der Waals surface area contributed by atoms with Gasteiger partial charge in [0.2, 0.25) is 5.91 Å². The maximum atomic E-state index is 13.2. The number of carbonyl (C=O) groups is 2. The maximum Gasteiger partial charge on any atom is 0.261 e. The molecule has 1 unspecified atom stereocenters. The van der Waals surface area contributed by atoms with Gasteiger partial charge in [0.05, 0.1) is 11.4 Å². The van der Waals surface area contributed by atoms with Gasteiger partial charge in [-0.25, -0.2) is 4.39 Å². The highest BCUT2D eigenvalue weighted by atomic mass is 79.9. The highest BCUT2D eigenvalue weighted by molar-refractivity contribution is 9.10. The molecule has 1 saturated heterocycles. The van der Waals surface area contributed by atoms with Crippen molar-refractivity contribution in [3.63, 3.8) is 0 Å². The molecule has 2 aliphatic heterocycles. The molecule has 1 fully saturated rings. The Balaban J connectivity index is 1.70. The first-order valence-electron chi connectivity index (χ1n) is 7.39. The third-order valence-corrected chi connectivity index (χ3v) is 6.34. The summed E-state index contributed by atoms with van der Waals surface area (Å²) in [5.41, 5.74) is 1.25. The molecule has 0 spiro atoms. The average molecular weight is 407 g/mol. The number of halogens is 2. The standard InChI is InChI=1S/C17H12BrFN2O2S/c18-11-9-10(19)5-6-12(11)20-16(23)17-8-7-15(22)21(17)13-3-1-2-4-14(13)24-17/h1-6,9H,7-8H2,(H,20,23). The predicted molar refractivity (Wildman–Crippen MR) is 94.5 cm³/mol. The summed E-state index contributed by atoms with van der Waals surface area (Å²) < 4.78 is 13.7. The number of benzene rings is 2. The summed E-state index contributed by atoms with van der Waals surface area (Å²) in [4.78, 5) is 26.9. The van der Waals surface area contributed by atoms with Crippen LogP contribution < -0.4 is 10.2 Å². The molecule has 0 saturated carbocycles. The van der Waals surface area contributed by atoms with Gasteiger partial charge < -0.3 is 5.32 Å². The molecule has 0 aromatic heterocycles. The molecule has 0 aliphatic carbocycles. The monoisotopic (exact) mass is 406 g/mol. The highest BCUT2D eigenvalue weighted by Crippen LogP contribution is 2.56. The Hall–Kier alpha value is -1.86. The van der Waals surface area contributed by atoms with Crippen molar-refractivity contribution in [2.24, 2.45) is 0 Å². The van der Waals surface area contributed by atoms with Crippen LogP contribution in [0.3, 0.4) is 0 Å². The van der Waals surface area contributed by atoms with Gasteiger partial charge in [-0.1, -0.05) is 23.9 Å². The molecular formula is C17H12BrFN2O2S. The summed E-state index contributed by atoms with van der Waals surface area (Å²) in [6.45, 7) is 0. The molecule has 24 heavy (non-hydrogen) atoms. The number of carbonyl (C=O) groups excluding carboxylic acids is 2. The Morgan fingerprint density at radius 3 is 2.88 bits per heavy atom. The Kier molecular flexibility index (Phi) is 3.65. The van der Waals surface area contributed by atoms with Gasteiger partial charge in [0.25, 0.3) is 5.91 Å². The number of fused-ring (bicyclic) bond motifs is 3. The lowest BCUT2D eigenvalue weighted by Gasteiger charge is -2.29. The van der Waals surface area contributed by atoms with E-state index >= 15 is 0 Å². The van der Waals surface area contributed by atoms with Crippen LogP contribution in [0.2, 0.25) is 0 Å². The number of nitrogens with zero attached hydrogens (tertiary/aromatic N) is 1. The van der Waals surface area contributed by atoms with Crippen LogP contribution in [0, 0.1) is 5.82 Å². The second-order valence-corrected chi connectivity index (χ2v) is 7.84. The predicted octanol–water partition coefficient (Wildman–Crippen LogP) is 4.16. The fourth-order valence-corrected chi connectivity index (χ4v) is 4.97. The van der Waals surface area contributed by atoms with Gasteiger partial charge in [-0.15, -0.1) is 0 Å². The summed E-state index contributed by atoms with van der Waals surface area (Å²) >= 11 is 4.65. The lowest BCUT2D eigenvalue weighted by atomic mass is 10.1. The summed E-state index contributed by atoms with van der Waals surface area (Å²) in [5, 5.41) is 2.83. The number of anilines is 2. The molecule has 2 amide bonds. The zero-order valence-corrected chi connectivity index (χ0v) is 14.8. The van der Waals surface area contributed by atoms with Gasteiger partial charge in [-0.3, -0.25) is 14.5 Å². The van der Waals surface area contributed by atoms with Gasteiger partial charge in [-0.05, 0) is 52.7 Å². The third kappa shape index (κ3) is 2.26. The van der Waals surface area contributed by atoms with E-state index in [2.05, 4.69) is 21.2 Å². The van der Waals surface area contributed by atoms with E-state index in [0.717, 1.165) is 10.6 Å². The molecule has 0 bridgehead atoms. The third-order valence-electron chi connectivity index (χ3n) is 4.21. The number of nitrogens with one attached hydrogen (secondary N) is 1. The first kappa shape index (κ1) is 15.7. The quantitative estimate of drug-likeness (QED) is 0.814. The van der Waals surface area contributed by atoms with Crippen molar-refractivity contribution in [1.82, 2.24) is 0 Å². The fourth-order valence-electron chi connectivity index (χ4n) is 3.11. The molecule has 7 heteroatoms. The molecule has 122 valence electrons. The SMILES string of the molecule is O=C1CCC2(C(=O)Nc3ccc(F)cc3Br)Sc3ccccc3N12. The van der Waals surface area contributed by atoms with Crippen LogP contribution in [0.5, 0.6) is 0 Å². The minimum atomic E-state index is -0.978. The lowest BCUT2D eigenvalue weighted by Crippen LogP contribution is -2.49. The van der Waals surface area contributed by atoms with Crippen LogP contribution in [0.15, 0.2) is 51.8 Å². The lowest BCUT2D eigenvalue weighted by molar-refractivity contribution is -0.121. The van der Waals surface area contributed by atoms with Crippen molar-refractivity contribution >= 4 is 50.9 Å². The van der Waals surface area contributed by atoms with E-state index in [4.69, 9.17) is 0 Å². The van der Waals surface area contributed by atoms with E-state index < -0.39 is 10.7 Å². The normalized spacial score (nSPS) is 21.6. The minimum Gasteiger partial charge on any atom is -0.322 e. The number of rotatable bonds is 2. The van der Waals surface area contributed by atoms with E-state index in [1.165, 1.54) is 30.0 Å². The van der Waals surface area contributed by atoms with Crippen molar-refractivity contribution in [1.29, 1.82) is 0 Å². The van der Waals surface area contributed by atoms with Crippen LogP contribution in [0.4, 0.5) is 15.8 Å². The average Bonchev–Trinajstić information content (AvgIpc) is 3.06. The van der Waals surface area contributed by atoms with Gasteiger partial charge in [0.15, 0.2) is 4.87 Å². The molecule has 4 nitrogen and oxygen atoms in total. The van der Waals surface area contributed by atoms with Crippen LogP contribution >= 0.6 is 27.7 Å². The Morgan fingerprint density at radius 2 is 2.08 bits per heavy atom. The first-order chi connectivity index (χ1) is 11.5. The molecule has 2 aliphatic rings. The molecule has 2 aromatic carbocycles. The zero-order chi connectivity index (χ0) is 16.9. The second-order valence-electron chi connectivity index (χ2n) is 5.66. The summed E-state index contributed by atoms with van der Waals surface area (Å²) in [5.74, 6) is -0.721. The van der Waals surface area contributed by atoms with E-state index in [0.29, 0.717) is 23.0 Å². The van der Waals surface area contributed by atoms with Crippen molar-refractivity contribution < 1.29 is 14.0 Å². The van der Waals surface area contributed by atoms with Gasteiger partial charge >= 0.3 is 0 Å². The van der Waals surface area contributed by atoms with Crippen molar-refractivity contribution in [2.45, 2.75) is 22.6 Å². The molecule has 2 aromatic rings. The Labute approximate surface area is 150 Å². The Morgan fingerprint density at radius 1 is 1.29 bits per heavy atom. The van der Waals surface area contributed by atoms with Crippen molar-refractivity contribution in [3.05, 3.63) is 52.8 Å². The highest BCUT2D eigenvalue weighted by Gasteiger charge is 2.57. The van der Waals surface area contributed by atoms with E-state index in [-0.39, 0.29) is 11.8 Å². The van der Waals surface area contributed by atoms with E-state index in [1.54, 1.807) is 4.90 Å². The van der Waals surface area contributed by atoms with E-state index in [9.17, 15) is 14.0 Å². The van der Waals surface area contributed by atoms with Crippen molar-refractivity contribution in [2.75, 3.05) is 10.2 Å². The van der Waals surface area contributed by atoms with Crippen LogP contribution in [-0.4, -0.2) is 16.7 Å². The smallest absolute Gasteiger partial charge is 0.261 e. The van der Waals surface area contributed by atoms with E-state index in [1.807, 2.05) is 24.3 Å². The molecule has 2 heterocycles. The second kappa shape index (κ2) is 5.60. The summed E-state index contributed by atoms with van der Waals surface area (Å²) in [6.07, 6.45) is 0.773. The maximum absolute atomic E-state index is 13.2. The number of para-hydroxylation sites is 1. The number of amides is 2. The molecule has 0 radical (unpaired) electrons. The van der Waals surface area contributed by atoms with Gasteiger partial charge in [0.1, 0.15) is 5.82 Å². The summed E-state index contributed by atoms with van der Waals surface area (Å²) in [7, 11) is 0. The number of hydrogen-bond donors (Lipinski definition) is 1. The van der Waals surface area contributed by atoms with Gasteiger partial charge in [-0.2, -0.15) is 0 Å². The number of hydrogen-bond acceptors (Lipinski definition) is 3. The zero-order valence-electron chi connectivity index (χ0n) is 12.4. The molecule has 1 N–H and O–H groups in total. The van der Waals surface area contributed by atoms with Crippen molar-refractivity contribution in [3.8, 4) is 0 Å². The minimum absolute atomic E-state index is 0.0548.